The van der Waals surface area contributed by atoms with Crippen LogP contribution in [0.3, 0.4) is 0 Å². The number of carbonyl (C=O) groups is 1. The minimum atomic E-state index is 0.721. The fourth-order valence-electron chi connectivity index (χ4n) is 1.63. The van der Waals surface area contributed by atoms with Crippen LogP contribution in [-0.2, 0) is 0 Å². The largest absolute Gasteiger partial charge is 0.367 e. The highest BCUT2D eigenvalue weighted by Crippen LogP contribution is 2.24. The molecule has 1 aromatic rings. The average Bonchev–Trinajstić information content (AvgIpc) is 2.29. The standard InChI is InChI=1S/C13H16BrNO/c1-3-7-15(8-4-2)13-9-12(14)6-5-11(13)10-16/h3,5-6,9-10H,1,4,7-8H2,2H3. The highest BCUT2D eigenvalue weighted by atomic mass is 79.9. The Kier molecular flexibility index (Phi) is 5.26. The first-order valence-corrected chi connectivity index (χ1v) is 6.12. The number of benzene rings is 1. The Balaban J connectivity index is 3.09. The van der Waals surface area contributed by atoms with Gasteiger partial charge in [-0.3, -0.25) is 4.79 Å². The van der Waals surface area contributed by atoms with Crippen LogP contribution in [0.5, 0.6) is 0 Å². The molecule has 16 heavy (non-hydrogen) atoms. The molecule has 1 rings (SSSR count). The van der Waals surface area contributed by atoms with Gasteiger partial charge in [0.1, 0.15) is 0 Å². The molecular weight excluding hydrogens is 266 g/mol. The third-order valence-electron chi connectivity index (χ3n) is 2.30. The first kappa shape index (κ1) is 13.0. The predicted octanol–water partition coefficient (Wildman–Crippen LogP) is 3.66. The van der Waals surface area contributed by atoms with Crippen LogP contribution in [0.25, 0.3) is 0 Å². The van der Waals surface area contributed by atoms with E-state index in [0.29, 0.717) is 0 Å². The number of nitrogens with zero attached hydrogens (tertiary/aromatic N) is 1. The van der Waals surface area contributed by atoms with Crippen molar-refractivity contribution in [2.24, 2.45) is 0 Å². The SMILES string of the molecule is C=CCN(CCC)c1cc(Br)ccc1C=O. The molecule has 0 aliphatic rings. The first-order valence-electron chi connectivity index (χ1n) is 5.33. The molecule has 0 bridgehead atoms. The lowest BCUT2D eigenvalue weighted by Crippen LogP contribution is -2.25. The molecule has 0 heterocycles. The maximum Gasteiger partial charge on any atom is 0.152 e. The number of rotatable bonds is 6. The van der Waals surface area contributed by atoms with Crippen molar-refractivity contribution in [3.63, 3.8) is 0 Å². The van der Waals surface area contributed by atoms with Crippen molar-refractivity contribution in [3.8, 4) is 0 Å². The van der Waals surface area contributed by atoms with Crippen molar-refractivity contribution in [3.05, 3.63) is 40.9 Å². The van der Waals surface area contributed by atoms with Crippen molar-refractivity contribution in [1.29, 1.82) is 0 Å². The summed E-state index contributed by atoms with van der Waals surface area (Å²) in [4.78, 5) is 13.1. The topological polar surface area (TPSA) is 20.3 Å². The molecule has 86 valence electrons. The van der Waals surface area contributed by atoms with E-state index in [2.05, 4.69) is 34.3 Å². The predicted molar refractivity (Wildman–Crippen MR) is 72.2 cm³/mol. The van der Waals surface area contributed by atoms with Gasteiger partial charge < -0.3 is 4.90 Å². The maximum absolute atomic E-state index is 11.0. The Hall–Kier alpha value is -1.09. The van der Waals surface area contributed by atoms with Crippen LogP contribution in [-0.4, -0.2) is 19.4 Å². The number of anilines is 1. The second-order valence-corrected chi connectivity index (χ2v) is 4.47. The van der Waals surface area contributed by atoms with Crippen LogP contribution >= 0.6 is 15.9 Å². The van der Waals surface area contributed by atoms with E-state index < -0.39 is 0 Å². The summed E-state index contributed by atoms with van der Waals surface area (Å²) >= 11 is 3.43. The van der Waals surface area contributed by atoms with Crippen molar-refractivity contribution in [2.75, 3.05) is 18.0 Å². The second-order valence-electron chi connectivity index (χ2n) is 3.56. The summed E-state index contributed by atoms with van der Waals surface area (Å²) in [6, 6.07) is 5.69. The van der Waals surface area contributed by atoms with Crippen LogP contribution < -0.4 is 4.90 Å². The quantitative estimate of drug-likeness (QED) is 0.586. The van der Waals surface area contributed by atoms with E-state index >= 15 is 0 Å². The van der Waals surface area contributed by atoms with Gasteiger partial charge in [-0.15, -0.1) is 6.58 Å². The van der Waals surface area contributed by atoms with Crippen LogP contribution in [0.4, 0.5) is 5.69 Å². The number of halogens is 1. The summed E-state index contributed by atoms with van der Waals surface area (Å²) in [6.45, 7) is 7.54. The summed E-state index contributed by atoms with van der Waals surface area (Å²) in [5.74, 6) is 0. The molecule has 0 amide bonds. The summed E-state index contributed by atoms with van der Waals surface area (Å²) in [7, 11) is 0. The minimum absolute atomic E-state index is 0.721. The van der Waals surface area contributed by atoms with Crippen LogP contribution in [0.2, 0.25) is 0 Å². The molecule has 0 aliphatic heterocycles. The number of aldehydes is 1. The lowest BCUT2D eigenvalue weighted by Gasteiger charge is -2.24. The molecule has 0 aliphatic carbocycles. The number of hydrogen-bond acceptors (Lipinski definition) is 2. The molecule has 0 aromatic heterocycles. The smallest absolute Gasteiger partial charge is 0.152 e. The molecule has 0 unspecified atom stereocenters. The molecule has 0 atom stereocenters. The zero-order valence-corrected chi connectivity index (χ0v) is 11.0. The number of hydrogen-bond donors (Lipinski definition) is 0. The third-order valence-corrected chi connectivity index (χ3v) is 2.80. The van der Waals surface area contributed by atoms with E-state index in [9.17, 15) is 4.79 Å². The van der Waals surface area contributed by atoms with Gasteiger partial charge in [-0.1, -0.05) is 28.9 Å². The monoisotopic (exact) mass is 281 g/mol. The van der Waals surface area contributed by atoms with E-state index in [-0.39, 0.29) is 0 Å². The Morgan fingerprint density at radius 3 is 2.81 bits per heavy atom. The Morgan fingerprint density at radius 1 is 1.50 bits per heavy atom. The maximum atomic E-state index is 11.0. The van der Waals surface area contributed by atoms with Crippen LogP contribution in [0, 0.1) is 0 Å². The molecule has 0 saturated heterocycles. The summed E-state index contributed by atoms with van der Waals surface area (Å²) in [6.07, 6.45) is 3.79. The first-order chi connectivity index (χ1) is 7.72. The lowest BCUT2D eigenvalue weighted by atomic mass is 10.1. The molecule has 0 fully saturated rings. The molecule has 0 N–H and O–H groups in total. The van der Waals surface area contributed by atoms with Gasteiger partial charge in [0.25, 0.3) is 0 Å². The summed E-state index contributed by atoms with van der Waals surface area (Å²) in [5.41, 5.74) is 1.68. The molecule has 0 spiro atoms. The van der Waals surface area contributed by atoms with Gasteiger partial charge in [0.2, 0.25) is 0 Å². The van der Waals surface area contributed by atoms with E-state index in [1.54, 1.807) is 0 Å². The van der Waals surface area contributed by atoms with E-state index in [0.717, 1.165) is 41.5 Å². The second kappa shape index (κ2) is 6.48. The fraction of sp³-hybridized carbons (Fsp3) is 0.308. The van der Waals surface area contributed by atoms with Gasteiger partial charge in [-0.2, -0.15) is 0 Å². The van der Waals surface area contributed by atoms with Crippen molar-refractivity contribution in [2.45, 2.75) is 13.3 Å². The van der Waals surface area contributed by atoms with Crippen molar-refractivity contribution >= 4 is 27.9 Å². The lowest BCUT2D eigenvalue weighted by molar-refractivity contribution is 0.112. The van der Waals surface area contributed by atoms with Crippen molar-refractivity contribution < 1.29 is 4.79 Å². The van der Waals surface area contributed by atoms with E-state index in [1.165, 1.54) is 0 Å². The highest BCUT2D eigenvalue weighted by Gasteiger charge is 2.09. The Bertz CT molecular complexity index is 376. The highest BCUT2D eigenvalue weighted by molar-refractivity contribution is 9.10. The molecular formula is C13H16BrNO. The van der Waals surface area contributed by atoms with Gasteiger partial charge in [-0.25, -0.2) is 0 Å². The van der Waals surface area contributed by atoms with Gasteiger partial charge >= 0.3 is 0 Å². The molecule has 0 saturated carbocycles. The van der Waals surface area contributed by atoms with Gasteiger partial charge in [0.05, 0.1) is 0 Å². The van der Waals surface area contributed by atoms with Gasteiger partial charge in [0, 0.05) is 28.8 Å². The van der Waals surface area contributed by atoms with Crippen molar-refractivity contribution in [1.82, 2.24) is 0 Å². The van der Waals surface area contributed by atoms with Gasteiger partial charge in [-0.05, 0) is 24.6 Å². The molecule has 3 heteroatoms. The average molecular weight is 282 g/mol. The summed E-state index contributed by atoms with van der Waals surface area (Å²) in [5, 5.41) is 0. The van der Waals surface area contributed by atoms with E-state index in [4.69, 9.17) is 0 Å². The number of carbonyl (C=O) groups excluding carboxylic acids is 1. The zero-order chi connectivity index (χ0) is 12.0. The molecule has 2 nitrogen and oxygen atoms in total. The normalized spacial score (nSPS) is 9.88. The van der Waals surface area contributed by atoms with Crippen LogP contribution in [0.1, 0.15) is 23.7 Å². The zero-order valence-electron chi connectivity index (χ0n) is 9.45. The van der Waals surface area contributed by atoms with Crippen LogP contribution in [0.15, 0.2) is 35.3 Å². The van der Waals surface area contributed by atoms with E-state index in [1.807, 2.05) is 24.3 Å². The Labute approximate surface area is 105 Å². The fourth-order valence-corrected chi connectivity index (χ4v) is 1.98. The molecule has 1 aromatic carbocycles. The third kappa shape index (κ3) is 3.20. The minimum Gasteiger partial charge on any atom is -0.367 e. The molecule has 0 radical (unpaired) electrons. The summed E-state index contributed by atoms with van der Waals surface area (Å²) < 4.78 is 0.985. The van der Waals surface area contributed by atoms with Gasteiger partial charge in [0.15, 0.2) is 6.29 Å². The Morgan fingerprint density at radius 2 is 2.25 bits per heavy atom.